The highest BCUT2D eigenvalue weighted by atomic mass is 32.1. The highest BCUT2D eigenvalue weighted by Gasteiger charge is 2.28. The third-order valence-corrected chi connectivity index (χ3v) is 9.96. The molecule has 16 nitrogen and oxygen atoms in total. The monoisotopic (exact) mass is 794 g/mol. The summed E-state index contributed by atoms with van der Waals surface area (Å²) in [6.45, 7) is 19.8. The van der Waals surface area contributed by atoms with Crippen molar-refractivity contribution in [3.63, 3.8) is 0 Å². The van der Waals surface area contributed by atoms with Gasteiger partial charge in [-0.15, -0.1) is 4.37 Å². The fourth-order valence-electron chi connectivity index (χ4n) is 6.33. The summed E-state index contributed by atoms with van der Waals surface area (Å²) in [4.78, 5) is 59.6. The molecule has 0 unspecified atom stereocenters. The number of likely N-dealkylation sites (N-methyl/N-ethyl adjacent to an activating group) is 1. The molecule has 2 aliphatic heterocycles. The minimum atomic E-state index is -0.668. The molecule has 3 aromatic rings. The van der Waals surface area contributed by atoms with Crippen molar-refractivity contribution >= 4 is 58.6 Å². The van der Waals surface area contributed by atoms with Gasteiger partial charge in [-0.1, -0.05) is 13.8 Å². The molecule has 2 aromatic heterocycles. The van der Waals surface area contributed by atoms with Crippen molar-refractivity contribution in [3.8, 4) is 11.6 Å². The van der Waals surface area contributed by atoms with Gasteiger partial charge in [0.1, 0.15) is 18.5 Å². The Kier molecular flexibility index (Phi) is 14.6. The average molecular weight is 795 g/mol. The van der Waals surface area contributed by atoms with Gasteiger partial charge in [-0.05, 0) is 77.5 Å². The summed E-state index contributed by atoms with van der Waals surface area (Å²) in [5.41, 5.74) is 3.76. The van der Waals surface area contributed by atoms with Crippen LogP contribution in [0.15, 0.2) is 18.2 Å². The zero-order valence-electron chi connectivity index (χ0n) is 33.3. The number of benzene rings is 1. The molecule has 0 spiro atoms. The van der Waals surface area contributed by atoms with Crippen molar-refractivity contribution in [2.75, 3.05) is 75.9 Å². The van der Waals surface area contributed by atoms with Crippen LogP contribution in [0.2, 0.25) is 0 Å². The lowest BCUT2D eigenvalue weighted by molar-refractivity contribution is -0.152. The summed E-state index contributed by atoms with van der Waals surface area (Å²) in [5, 5.41) is 9.18. The van der Waals surface area contributed by atoms with Gasteiger partial charge < -0.3 is 49.7 Å². The van der Waals surface area contributed by atoms with Crippen LogP contribution in [-0.4, -0.2) is 120 Å². The van der Waals surface area contributed by atoms with Crippen LogP contribution in [0.1, 0.15) is 80.3 Å². The number of amides is 2. The Morgan fingerprint density at radius 3 is 2.54 bits per heavy atom. The molecule has 2 amide bonds. The average Bonchev–Trinajstić information content (AvgIpc) is 3.84. The van der Waals surface area contributed by atoms with E-state index in [4.69, 9.17) is 18.9 Å². The molecule has 4 N–H and O–H groups in total. The maximum atomic E-state index is 13.1. The molecule has 1 atom stereocenters. The van der Waals surface area contributed by atoms with Gasteiger partial charge in [-0.25, -0.2) is 0 Å². The Hall–Kier alpha value is -4.84. The Morgan fingerprint density at radius 2 is 1.82 bits per heavy atom. The van der Waals surface area contributed by atoms with Crippen molar-refractivity contribution in [1.29, 1.82) is 0 Å². The number of ether oxygens (including phenoxy) is 4. The van der Waals surface area contributed by atoms with Gasteiger partial charge in [0.2, 0.25) is 5.82 Å². The fourth-order valence-corrected chi connectivity index (χ4v) is 6.85. The number of hydrogen-bond acceptors (Lipinski definition) is 14. The maximum Gasteiger partial charge on any atom is 0.311 e. The molecule has 0 saturated carbocycles. The Balaban J connectivity index is 1.18. The summed E-state index contributed by atoms with van der Waals surface area (Å²) < 4.78 is 31.5. The molecule has 1 aromatic carbocycles. The first kappa shape index (κ1) is 42.3. The number of carbonyl (C=O) groups excluding carboxylic acids is 4. The second-order valence-electron chi connectivity index (χ2n) is 14.7. The van der Waals surface area contributed by atoms with E-state index >= 15 is 0 Å². The minimum absolute atomic E-state index is 0.0345. The van der Waals surface area contributed by atoms with Crippen LogP contribution >= 0.6 is 11.7 Å². The third-order valence-electron chi connectivity index (χ3n) is 9.46. The number of aromatic amines is 1. The van der Waals surface area contributed by atoms with E-state index in [-0.39, 0.29) is 42.6 Å². The smallest absolute Gasteiger partial charge is 0.311 e. The number of H-pyrrole nitrogens is 1. The maximum absolute atomic E-state index is 13.1. The number of nitrogens with one attached hydrogen (secondary N) is 4. The lowest BCUT2D eigenvalue weighted by Crippen LogP contribution is -2.44. The van der Waals surface area contributed by atoms with Crippen LogP contribution in [0.5, 0.6) is 11.6 Å². The molecule has 56 heavy (non-hydrogen) atoms. The number of aromatic nitrogens is 3. The molecule has 0 aliphatic carbocycles. The number of rotatable bonds is 18. The van der Waals surface area contributed by atoms with Gasteiger partial charge in [0, 0.05) is 60.9 Å². The Labute approximate surface area is 332 Å². The number of carbonyl (C=O) groups is 4. The van der Waals surface area contributed by atoms with Gasteiger partial charge in [0.15, 0.2) is 0 Å². The van der Waals surface area contributed by atoms with Crippen LogP contribution < -0.4 is 30.3 Å². The van der Waals surface area contributed by atoms with Crippen LogP contribution in [0.3, 0.4) is 0 Å². The van der Waals surface area contributed by atoms with Gasteiger partial charge in [-0.3, -0.25) is 19.2 Å². The minimum Gasteiger partial charge on any atom is -0.470 e. The van der Waals surface area contributed by atoms with E-state index in [1.807, 2.05) is 39.5 Å². The predicted octanol–water partition coefficient (Wildman–Crippen LogP) is 3.95. The second-order valence-corrected chi connectivity index (χ2v) is 15.2. The molecule has 304 valence electrons. The zero-order chi connectivity index (χ0) is 40.4. The second kappa shape index (κ2) is 19.3. The third kappa shape index (κ3) is 11.4. The molecular weight excluding hydrogens is 741 g/mol. The fraction of sp³-hybridized carbons (Fsp3) is 0.538. The standard InChI is InChI=1S/C39H54N8O8S/c1-8-46(9-2)15-14-40-37(51)34-24(3)31(42-25(34)4)21-29-28-20-26(10-11-30(28)43-36(29)50)54-32(48)12-13-33(49)55-27(22-41-39(5,6)7)23-53-38-35(44-56-45-38)47-16-18-52-19-17-47/h10-11,20-21,27,41-42H,8-9,12-19,22-23H2,1-7H3,(H,40,51)(H,43,50)/b29-21-/t27-/m0/s1. The number of anilines is 2. The molecule has 0 radical (unpaired) electrons. The van der Waals surface area contributed by atoms with E-state index in [1.54, 1.807) is 24.3 Å². The summed E-state index contributed by atoms with van der Waals surface area (Å²) >= 11 is 1.05. The van der Waals surface area contributed by atoms with Crippen LogP contribution in [0, 0.1) is 13.8 Å². The van der Waals surface area contributed by atoms with E-state index in [1.165, 1.54) is 0 Å². The quantitative estimate of drug-likeness (QED) is 0.0824. The topological polar surface area (TPSA) is 189 Å². The normalized spacial score (nSPS) is 15.5. The van der Waals surface area contributed by atoms with Gasteiger partial charge in [0.25, 0.3) is 17.7 Å². The highest BCUT2D eigenvalue weighted by Crippen LogP contribution is 2.36. The van der Waals surface area contributed by atoms with E-state index < -0.39 is 18.0 Å². The summed E-state index contributed by atoms with van der Waals surface area (Å²) in [6.07, 6.45) is 0.586. The predicted molar refractivity (Wildman–Crippen MR) is 214 cm³/mol. The van der Waals surface area contributed by atoms with E-state index in [0.717, 1.165) is 31.4 Å². The van der Waals surface area contributed by atoms with Gasteiger partial charge in [-0.2, -0.15) is 4.37 Å². The molecule has 4 heterocycles. The lowest BCUT2D eigenvalue weighted by atomic mass is 10.0. The molecule has 1 fully saturated rings. The van der Waals surface area contributed by atoms with Crippen molar-refractivity contribution < 1.29 is 38.1 Å². The SMILES string of the molecule is CCN(CC)CCNC(=O)c1c(C)[nH]c(/C=C2\C(=O)Nc3ccc(OC(=O)CCC(=O)O[C@@H](CNC(C)(C)C)COc4nsnc4N4CCOCC4)cc32)c1C. The first-order valence-electron chi connectivity index (χ1n) is 19.1. The van der Waals surface area contributed by atoms with Gasteiger partial charge in [0.05, 0.1) is 48.9 Å². The van der Waals surface area contributed by atoms with Crippen molar-refractivity contribution in [2.24, 2.45) is 0 Å². The number of nitrogens with zero attached hydrogens (tertiary/aromatic N) is 4. The molecule has 17 heteroatoms. The number of esters is 2. The van der Waals surface area contributed by atoms with Crippen LogP contribution in [-0.2, 0) is 23.9 Å². The molecule has 2 aliphatic rings. The highest BCUT2D eigenvalue weighted by molar-refractivity contribution is 6.99. The van der Waals surface area contributed by atoms with Crippen molar-refractivity contribution in [2.45, 2.75) is 73.0 Å². The molecule has 5 rings (SSSR count). The first-order valence-corrected chi connectivity index (χ1v) is 19.8. The summed E-state index contributed by atoms with van der Waals surface area (Å²) in [7, 11) is 0. The zero-order valence-corrected chi connectivity index (χ0v) is 34.2. The van der Waals surface area contributed by atoms with E-state index in [0.29, 0.717) is 90.4 Å². The molecular formula is C39H54N8O8S. The molecule has 1 saturated heterocycles. The number of hydrogen-bond donors (Lipinski definition) is 4. The lowest BCUT2D eigenvalue weighted by Gasteiger charge is -2.27. The molecule has 0 bridgehead atoms. The van der Waals surface area contributed by atoms with Gasteiger partial charge >= 0.3 is 11.9 Å². The van der Waals surface area contributed by atoms with Crippen molar-refractivity contribution in [1.82, 2.24) is 29.3 Å². The number of morpholine rings is 1. The number of aryl methyl sites for hydroxylation is 1. The largest absolute Gasteiger partial charge is 0.470 e. The van der Waals surface area contributed by atoms with E-state index in [2.05, 4.69) is 48.4 Å². The number of fused-ring (bicyclic) bond motifs is 1. The summed E-state index contributed by atoms with van der Waals surface area (Å²) in [5.74, 6) is -0.515. The first-order chi connectivity index (χ1) is 26.8. The van der Waals surface area contributed by atoms with E-state index in [9.17, 15) is 19.2 Å². The van der Waals surface area contributed by atoms with Crippen LogP contribution in [0.4, 0.5) is 11.5 Å². The van der Waals surface area contributed by atoms with Crippen LogP contribution in [0.25, 0.3) is 11.6 Å². The summed E-state index contributed by atoms with van der Waals surface area (Å²) in [6, 6.07) is 4.83. The Bertz CT molecular complexity index is 1890. The Morgan fingerprint density at radius 1 is 1.09 bits per heavy atom. The van der Waals surface area contributed by atoms with Crippen molar-refractivity contribution in [3.05, 3.63) is 46.3 Å².